The van der Waals surface area contributed by atoms with Crippen LogP contribution in [0.4, 0.5) is 13.2 Å². The van der Waals surface area contributed by atoms with Crippen molar-refractivity contribution in [3.05, 3.63) is 71.0 Å². The molecule has 1 unspecified atom stereocenters. The second-order valence-electron chi connectivity index (χ2n) is 5.16. The van der Waals surface area contributed by atoms with Crippen LogP contribution < -0.4 is 11.1 Å². The predicted octanol–water partition coefficient (Wildman–Crippen LogP) is 2.61. The van der Waals surface area contributed by atoms with Crippen LogP contribution in [0.15, 0.2) is 48.5 Å². The van der Waals surface area contributed by atoms with Gasteiger partial charge in [0.15, 0.2) is 0 Å². The molecular formula is C17H14F3N3O. The minimum absolute atomic E-state index is 0.372. The van der Waals surface area contributed by atoms with Gasteiger partial charge >= 0.3 is 0 Å². The van der Waals surface area contributed by atoms with Crippen molar-refractivity contribution in [2.75, 3.05) is 6.54 Å². The van der Waals surface area contributed by atoms with Gasteiger partial charge in [0.2, 0.25) is 5.91 Å². The van der Waals surface area contributed by atoms with E-state index in [1.54, 1.807) is 0 Å². The molecule has 2 aromatic carbocycles. The first-order valence-electron chi connectivity index (χ1n) is 7.00. The number of nitrogens with one attached hydrogen (secondary N) is 1. The summed E-state index contributed by atoms with van der Waals surface area (Å²) in [6, 6.07) is 10.5. The second kappa shape index (κ2) is 7.15. The van der Waals surface area contributed by atoms with Crippen LogP contribution in [0.1, 0.15) is 22.7 Å². The maximum atomic E-state index is 14.2. The van der Waals surface area contributed by atoms with Crippen LogP contribution in [0, 0.1) is 17.1 Å². The average molecular weight is 333 g/mol. The summed E-state index contributed by atoms with van der Waals surface area (Å²) < 4.78 is 41.2. The van der Waals surface area contributed by atoms with Crippen molar-refractivity contribution in [2.45, 2.75) is 12.0 Å². The van der Waals surface area contributed by atoms with Gasteiger partial charge in [0.1, 0.15) is 11.9 Å². The molecule has 0 spiro atoms. The lowest BCUT2D eigenvalue weighted by Crippen LogP contribution is -2.39. The van der Waals surface area contributed by atoms with Crippen molar-refractivity contribution in [1.29, 1.82) is 5.26 Å². The van der Waals surface area contributed by atoms with E-state index in [9.17, 15) is 18.0 Å². The van der Waals surface area contributed by atoms with Gasteiger partial charge < -0.3 is 5.73 Å². The van der Waals surface area contributed by atoms with Gasteiger partial charge in [0.25, 0.3) is 5.92 Å². The molecule has 124 valence electrons. The number of primary amides is 1. The number of carbonyl (C=O) groups excluding carboxylic acids is 1. The fraction of sp³-hybridized carbons (Fsp3) is 0.176. The fourth-order valence-electron chi connectivity index (χ4n) is 2.16. The molecule has 24 heavy (non-hydrogen) atoms. The van der Waals surface area contributed by atoms with Crippen LogP contribution >= 0.6 is 0 Å². The van der Waals surface area contributed by atoms with Crippen LogP contribution in [0.25, 0.3) is 0 Å². The largest absolute Gasteiger partial charge is 0.368 e. The maximum Gasteiger partial charge on any atom is 0.285 e. The van der Waals surface area contributed by atoms with E-state index in [0.29, 0.717) is 11.1 Å². The Balaban J connectivity index is 2.14. The van der Waals surface area contributed by atoms with Gasteiger partial charge in [-0.25, -0.2) is 4.39 Å². The van der Waals surface area contributed by atoms with Gasteiger partial charge in [0.05, 0.1) is 18.2 Å². The van der Waals surface area contributed by atoms with Crippen molar-refractivity contribution in [2.24, 2.45) is 5.73 Å². The number of rotatable bonds is 6. The van der Waals surface area contributed by atoms with Crippen LogP contribution in [0.2, 0.25) is 0 Å². The summed E-state index contributed by atoms with van der Waals surface area (Å²) in [5, 5.41) is 11.2. The number of amides is 1. The number of benzene rings is 2. The lowest BCUT2D eigenvalue weighted by molar-refractivity contribution is -0.120. The Kier molecular flexibility index (Phi) is 5.21. The van der Waals surface area contributed by atoms with E-state index in [2.05, 4.69) is 5.32 Å². The summed E-state index contributed by atoms with van der Waals surface area (Å²) in [6.07, 6.45) is 0. The number of carbonyl (C=O) groups is 1. The molecule has 0 aliphatic heterocycles. The molecule has 1 amide bonds. The monoisotopic (exact) mass is 333 g/mol. The minimum Gasteiger partial charge on any atom is -0.368 e. The molecule has 3 N–H and O–H groups in total. The molecule has 0 radical (unpaired) electrons. The first kappa shape index (κ1) is 17.5. The first-order chi connectivity index (χ1) is 11.3. The van der Waals surface area contributed by atoms with Gasteiger partial charge in [-0.3, -0.25) is 10.1 Å². The number of nitrogens with two attached hydrogens (primary N) is 1. The lowest BCUT2D eigenvalue weighted by Gasteiger charge is -2.22. The summed E-state index contributed by atoms with van der Waals surface area (Å²) >= 11 is 0. The molecule has 2 aromatic rings. The Hall–Kier alpha value is -2.85. The van der Waals surface area contributed by atoms with Gasteiger partial charge in [-0.1, -0.05) is 24.3 Å². The number of halogens is 3. The topological polar surface area (TPSA) is 78.9 Å². The first-order valence-corrected chi connectivity index (χ1v) is 7.00. The van der Waals surface area contributed by atoms with Crippen LogP contribution in [0.3, 0.4) is 0 Å². The number of hydrogen-bond acceptors (Lipinski definition) is 3. The highest BCUT2D eigenvalue weighted by Crippen LogP contribution is 2.28. The Morgan fingerprint density at radius 2 is 1.75 bits per heavy atom. The van der Waals surface area contributed by atoms with Crippen LogP contribution in [0.5, 0.6) is 0 Å². The summed E-state index contributed by atoms with van der Waals surface area (Å²) in [7, 11) is 0. The highest BCUT2D eigenvalue weighted by molar-refractivity contribution is 5.81. The number of alkyl halides is 2. The zero-order valence-electron chi connectivity index (χ0n) is 12.5. The van der Waals surface area contributed by atoms with Crippen molar-refractivity contribution >= 4 is 5.91 Å². The van der Waals surface area contributed by atoms with E-state index < -0.39 is 30.2 Å². The van der Waals surface area contributed by atoms with Gasteiger partial charge in [-0.2, -0.15) is 14.0 Å². The fourth-order valence-corrected chi connectivity index (χ4v) is 2.16. The Bertz CT molecular complexity index is 752. The molecular weight excluding hydrogens is 319 g/mol. The summed E-state index contributed by atoms with van der Waals surface area (Å²) in [4.78, 5) is 11.6. The zero-order chi connectivity index (χ0) is 17.7. The van der Waals surface area contributed by atoms with E-state index in [1.165, 1.54) is 24.3 Å². The Morgan fingerprint density at radius 1 is 1.17 bits per heavy atom. The molecule has 0 saturated heterocycles. The third-order valence-corrected chi connectivity index (χ3v) is 3.45. The molecule has 0 aliphatic rings. The molecule has 1 atom stereocenters. The zero-order valence-corrected chi connectivity index (χ0v) is 12.5. The standard InChI is InChI=1S/C17H14F3N3O/c18-14-7-5-13(6-8-14)17(19,20)10-23-15(16(22)24)12-3-1-11(9-21)2-4-12/h1-8,15,23H,10H2,(H2,22,24). The lowest BCUT2D eigenvalue weighted by atomic mass is 10.0. The minimum atomic E-state index is -3.31. The van der Waals surface area contributed by atoms with Crippen molar-refractivity contribution in [3.8, 4) is 6.07 Å². The molecule has 0 bridgehead atoms. The van der Waals surface area contributed by atoms with Crippen molar-refractivity contribution in [3.63, 3.8) is 0 Å². The quantitative estimate of drug-likeness (QED) is 0.853. The molecule has 0 fully saturated rings. The summed E-state index contributed by atoms with van der Waals surface area (Å²) in [5.74, 6) is -4.75. The summed E-state index contributed by atoms with van der Waals surface area (Å²) in [6.45, 7) is -0.855. The van der Waals surface area contributed by atoms with Gasteiger partial charge in [-0.05, 0) is 29.8 Å². The molecule has 4 nitrogen and oxygen atoms in total. The maximum absolute atomic E-state index is 14.2. The van der Waals surface area contributed by atoms with E-state index in [1.807, 2.05) is 6.07 Å². The molecule has 0 heterocycles. The summed E-state index contributed by atoms with van der Waals surface area (Å²) in [5.41, 5.74) is 5.64. The molecule has 0 aliphatic carbocycles. The van der Waals surface area contributed by atoms with Gasteiger partial charge in [0, 0.05) is 5.56 Å². The highest BCUT2D eigenvalue weighted by atomic mass is 19.3. The smallest absolute Gasteiger partial charge is 0.285 e. The Labute approximate surface area is 136 Å². The van der Waals surface area contributed by atoms with E-state index in [-0.39, 0.29) is 5.56 Å². The van der Waals surface area contributed by atoms with Crippen LogP contribution in [-0.2, 0) is 10.7 Å². The Morgan fingerprint density at radius 3 is 2.25 bits per heavy atom. The average Bonchev–Trinajstić information content (AvgIpc) is 2.55. The number of nitrogens with zero attached hydrogens (tertiary/aromatic N) is 1. The molecule has 2 rings (SSSR count). The molecule has 0 aromatic heterocycles. The third kappa shape index (κ3) is 4.12. The van der Waals surface area contributed by atoms with E-state index >= 15 is 0 Å². The predicted molar refractivity (Wildman–Crippen MR) is 81.4 cm³/mol. The third-order valence-electron chi connectivity index (χ3n) is 3.45. The van der Waals surface area contributed by atoms with Crippen molar-refractivity contribution < 1.29 is 18.0 Å². The molecule has 0 saturated carbocycles. The van der Waals surface area contributed by atoms with E-state index in [4.69, 9.17) is 11.0 Å². The van der Waals surface area contributed by atoms with Gasteiger partial charge in [-0.15, -0.1) is 0 Å². The van der Waals surface area contributed by atoms with E-state index in [0.717, 1.165) is 24.3 Å². The highest BCUT2D eigenvalue weighted by Gasteiger charge is 2.33. The van der Waals surface area contributed by atoms with Crippen LogP contribution in [-0.4, -0.2) is 12.5 Å². The second-order valence-corrected chi connectivity index (χ2v) is 5.16. The SMILES string of the molecule is N#Cc1ccc(C(NCC(F)(F)c2ccc(F)cc2)C(N)=O)cc1. The van der Waals surface area contributed by atoms with Crippen molar-refractivity contribution in [1.82, 2.24) is 5.32 Å². The number of hydrogen-bond donors (Lipinski definition) is 2. The number of nitriles is 1. The molecule has 7 heteroatoms. The normalized spacial score (nSPS) is 12.4.